The fourth-order valence-corrected chi connectivity index (χ4v) is 1.85. The Morgan fingerprint density at radius 2 is 2.31 bits per heavy atom. The minimum atomic E-state index is 0.0734. The first kappa shape index (κ1) is 10.9. The van der Waals surface area contributed by atoms with Crippen molar-refractivity contribution in [3.63, 3.8) is 0 Å². The van der Waals surface area contributed by atoms with Crippen LogP contribution in [0.1, 0.15) is 6.42 Å². The van der Waals surface area contributed by atoms with Crippen LogP contribution in [-0.2, 0) is 6.54 Å². The molecule has 0 saturated heterocycles. The van der Waals surface area contributed by atoms with E-state index in [1.165, 1.54) is 0 Å². The fraction of sp³-hybridized carbons (Fsp3) is 0.444. The van der Waals surface area contributed by atoms with E-state index in [0.29, 0.717) is 0 Å². The molecule has 0 N–H and O–H groups in total. The molecule has 0 amide bonds. The van der Waals surface area contributed by atoms with Gasteiger partial charge in [-0.3, -0.25) is 4.79 Å². The molecule has 2 nitrogen and oxygen atoms in total. The maximum Gasteiger partial charge on any atom is 0.250 e. The van der Waals surface area contributed by atoms with E-state index in [4.69, 9.17) is 0 Å². The number of aromatic nitrogens is 1. The summed E-state index contributed by atoms with van der Waals surface area (Å²) in [7, 11) is 0. The first-order valence-corrected chi connectivity index (χ1v) is 6.27. The Bertz CT molecular complexity index is 324. The summed E-state index contributed by atoms with van der Waals surface area (Å²) < 4.78 is 2.69. The predicted octanol–water partition coefficient (Wildman–Crippen LogP) is 2.36. The van der Waals surface area contributed by atoms with Gasteiger partial charge in [0.05, 0.1) is 0 Å². The normalized spacial score (nSPS) is 10.3. The first-order chi connectivity index (χ1) is 6.24. The zero-order chi connectivity index (χ0) is 9.68. The van der Waals surface area contributed by atoms with Crippen LogP contribution in [0.15, 0.2) is 27.6 Å². The second-order valence-electron chi connectivity index (χ2n) is 2.73. The quantitative estimate of drug-likeness (QED) is 0.777. The highest BCUT2D eigenvalue weighted by atomic mass is 79.9. The lowest BCUT2D eigenvalue weighted by Crippen LogP contribution is -2.18. The van der Waals surface area contributed by atoms with Crippen molar-refractivity contribution in [1.29, 1.82) is 0 Å². The van der Waals surface area contributed by atoms with Crippen LogP contribution in [0.3, 0.4) is 0 Å². The number of pyridine rings is 1. The van der Waals surface area contributed by atoms with E-state index in [9.17, 15) is 4.79 Å². The molecule has 1 aromatic rings. The number of hydrogen-bond acceptors (Lipinski definition) is 2. The minimum Gasteiger partial charge on any atom is -0.314 e. The molecule has 0 aromatic carbocycles. The average molecular weight is 262 g/mol. The van der Waals surface area contributed by atoms with Crippen LogP contribution in [0.25, 0.3) is 0 Å². The van der Waals surface area contributed by atoms with Crippen LogP contribution < -0.4 is 5.56 Å². The van der Waals surface area contributed by atoms with Crippen molar-refractivity contribution in [1.82, 2.24) is 4.57 Å². The maximum atomic E-state index is 11.3. The number of aryl methyl sites for hydroxylation is 1. The summed E-state index contributed by atoms with van der Waals surface area (Å²) >= 11 is 5.14. The van der Waals surface area contributed by atoms with Gasteiger partial charge in [-0.15, -0.1) is 0 Å². The lowest BCUT2D eigenvalue weighted by molar-refractivity contribution is 0.657. The molecule has 0 fully saturated rings. The molecule has 1 rings (SSSR count). The smallest absolute Gasteiger partial charge is 0.250 e. The van der Waals surface area contributed by atoms with E-state index in [0.717, 1.165) is 23.2 Å². The van der Waals surface area contributed by atoms with Crippen molar-refractivity contribution >= 4 is 27.7 Å². The van der Waals surface area contributed by atoms with E-state index in [2.05, 4.69) is 22.2 Å². The zero-order valence-electron chi connectivity index (χ0n) is 7.50. The van der Waals surface area contributed by atoms with Crippen LogP contribution in [0.5, 0.6) is 0 Å². The van der Waals surface area contributed by atoms with Gasteiger partial charge < -0.3 is 4.57 Å². The molecule has 0 spiro atoms. The number of halogens is 1. The van der Waals surface area contributed by atoms with Crippen LogP contribution in [0.2, 0.25) is 0 Å². The third-order valence-corrected chi connectivity index (χ3v) is 2.86. The third-order valence-electron chi connectivity index (χ3n) is 1.69. The van der Waals surface area contributed by atoms with Gasteiger partial charge in [0.1, 0.15) is 0 Å². The van der Waals surface area contributed by atoms with Gasteiger partial charge in [-0.25, -0.2) is 0 Å². The summed E-state index contributed by atoms with van der Waals surface area (Å²) in [6.45, 7) is 0.805. The zero-order valence-corrected chi connectivity index (χ0v) is 9.90. The Balaban J connectivity index is 2.65. The molecule has 0 saturated carbocycles. The van der Waals surface area contributed by atoms with E-state index in [-0.39, 0.29) is 5.56 Å². The lowest BCUT2D eigenvalue weighted by atomic mass is 10.4. The third kappa shape index (κ3) is 3.56. The topological polar surface area (TPSA) is 22.0 Å². The molecule has 4 heteroatoms. The van der Waals surface area contributed by atoms with Crippen LogP contribution in [-0.4, -0.2) is 16.6 Å². The van der Waals surface area contributed by atoms with Gasteiger partial charge in [0, 0.05) is 23.3 Å². The molecule has 0 radical (unpaired) electrons. The van der Waals surface area contributed by atoms with E-state index < -0.39 is 0 Å². The van der Waals surface area contributed by atoms with Crippen LogP contribution >= 0.6 is 27.7 Å². The van der Waals surface area contributed by atoms with Crippen molar-refractivity contribution in [2.75, 3.05) is 12.0 Å². The molecular weight excluding hydrogens is 250 g/mol. The van der Waals surface area contributed by atoms with Crippen molar-refractivity contribution in [2.45, 2.75) is 13.0 Å². The number of thioether (sulfide) groups is 1. The summed E-state index contributed by atoms with van der Waals surface area (Å²) in [5.74, 6) is 1.10. The Morgan fingerprint density at radius 3 is 3.00 bits per heavy atom. The van der Waals surface area contributed by atoms with Gasteiger partial charge in [-0.2, -0.15) is 11.8 Å². The number of hydrogen-bond donors (Lipinski definition) is 0. The largest absolute Gasteiger partial charge is 0.314 e. The second-order valence-corrected chi connectivity index (χ2v) is 4.63. The monoisotopic (exact) mass is 261 g/mol. The fourth-order valence-electron chi connectivity index (χ4n) is 1.06. The summed E-state index contributed by atoms with van der Waals surface area (Å²) in [4.78, 5) is 11.3. The molecule has 0 unspecified atom stereocenters. The molecule has 0 aliphatic heterocycles. The first-order valence-electron chi connectivity index (χ1n) is 4.09. The molecule has 72 valence electrons. The summed E-state index contributed by atoms with van der Waals surface area (Å²) in [6.07, 6.45) is 4.95. The molecule has 13 heavy (non-hydrogen) atoms. The van der Waals surface area contributed by atoms with Crippen molar-refractivity contribution < 1.29 is 0 Å². The van der Waals surface area contributed by atoms with Crippen LogP contribution in [0, 0.1) is 0 Å². The lowest BCUT2D eigenvalue weighted by Gasteiger charge is -2.04. The minimum absolute atomic E-state index is 0.0734. The summed E-state index contributed by atoms with van der Waals surface area (Å²) in [5, 5.41) is 0. The Hall–Kier alpha value is -0.220. The highest BCUT2D eigenvalue weighted by Gasteiger charge is 1.95. The van der Waals surface area contributed by atoms with Crippen LogP contribution in [0.4, 0.5) is 0 Å². The standard InChI is InChI=1S/C9H12BrNOS/c1-13-6-2-5-11-7-8(10)3-4-9(11)12/h3-4,7H,2,5-6H2,1H3. The Kier molecular flexibility index (Phi) is 4.59. The van der Waals surface area contributed by atoms with Gasteiger partial charge in [0.2, 0.25) is 0 Å². The number of nitrogens with zero attached hydrogens (tertiary/aromatic N) is 1. The van der Waals surface area contributed by atoms with Crippen molar-refractivity contribution in [3.05, 3.63) is 33.2 Å². The molecule has 1 aromatic heterocycles. The SMILES string of the molecule is CSCCCn1cc(Br)ccc1=O. The van der Waals surface area contributed by atoms with Gasteiger partial charge in [0.25, 0.3) is 5.56 Å². The molecule has 0 aliphatic carbocycles. The van der Waals surface area contributed by atoms with Crippen molar-refractivity contribution in [2.24, 2.45) is 0 Å². The molecule has 0 bridgehead atoms. The second kappa shape index (κ2) is 5.50. The van der Waals surface area contributed by atoms with Gasteiger partial charge in [-0.1, -0.05) is 0 Å². The molecule has 0 atom stereocenters. The van der Waals surface area contributed by atoms with E-state index >= 15 is 0 Å². The van der Waals surface area contributed by atoms with Gasteiger partial charge >= 0.3 is 0 Å². The van der Waals surface area contributed by atoms with Gasteiger partial charge in [-0.05, 0) is 40.4 Å². The summed E-state index contributed by atoms with van der Waals surface area (Å²) in [5.41, 5.74) is 0.0734. The maximum absolute atomic E-state index is 11.3. The molecular formula is C9H12BrNOS. The molecule has 0 aliphatic rings. The Labute approximate surface area is 90.5 Å². The highest BCUT2D eigenvalue weighted by molar-refractivity contribution is 9.10. The number of rotatable bonds is 4. The van der Waals surface area contributed by atoms with E-state index in [1.54, 1.807) is 28.5 Å². The van der Waals surface area contributed by atoms with Gasteiger partial charge in [0.15, 0.2) is 0 Å². The average Bonchev–Trinajstić information content (AvgIpc) is 2.11. The summed E-state index contributed by atoms with van der Waals surface area (Å²) in [6, 6.07) is 3.36. The van der Waals surface area contributed by atoms with E-state index in [1.807, 2.05) is 6.20 Å². The highest BCUT2D eigenvalue weighted by Crippen LogP contribution is 2.05. The Morgan fingerprint density at radius 1 is 1.54 bits per heavy atom. The van der Waals surface area contributed by atoms with Crippen molar-refractivity contribution in [3.8, 4) is 0 Å². The molecule has 1 heterocycles. The predicted molar refractivity (Wildman–Crippen MR) is 61.4 cm³/mol.